The zero-order chi connectivity index (χ0) is 15.1. The molecular formula is C15H14N2O3S. The van der Waals surface area contributed by atoms with Crippen molar-refractivity contribution < 1.29 is 15.0 Å². The van der Waals surface area contributed by atoms with Crippen LogP contribution < -0.4 is 5.32 Å². The molecule has 0 bridgehead atoms. The summed E-state index contributed by atoms with van der Waals surface area (Å²) < 4.78 is 0. The number of aliphatic hydroxyl groups excluding tert-OH is 1. The molecule has 0 aliphatic heterocycles. The Hall–Kier alpha value is -2.36. The lowest BCUT2D eigenvalue weighted by atomic mass is 10.2. The van der Waals surface area contributed by atoms with Gasteiger partial charge >= 0.3 is 0 Å². The molecule has 5 nitrogen and oxygen atoms in total. The van der Waals surface area contributed by atoms with Crippen molar-refractivity contribution in [3.8, 4) is 17.6 Å². The third kappa shape index (κ3) is 4.60. The van der Waals surface area contributed by atoms with Crippen LogP contribution in [0.2, 0.25) is 0 Å². The van der Waals surface area contributed by atoms with Gasteiger partial charge in [0.25, 0.3) is 5.91 Å². The van der Waals surface area contributed by atoms with Gasteiger partial charge in [0.1, 0.15) is 5.75 Å². The third-order valence-corrected chi connectivity index (χ3v) is 3.47. The Morgan fingerprint density at radius 2 is 2.24 bits per heavy atom. The quantitative estimate of drug-likeness (QED) is 0.748. The van der Waals surface area contributed by atoms with E-state index in [2.05, 4.69) is 22.1 Å². The number of hydrogen-bond donors (Lipinski definition) is 3. The Morgan fingerprint density at radius 1 is 1.38 bits per heavy atom. The standard InChI is InChI=1S/C15H14N2O3S/c18-4-2-1-3-11-5-14(21-10-11)9-17-15(20)12-6-13(19)8-16-7-12/h5-8,10,18-19H,2,4,9H2,(H,17,20). The lowest BCUT2D eigenvalue weighted by Gasteiger charge is -2.03. The summed E-state index contributed by atoms with van der Waals surface area (Å²) in [6.45, 7) is 0.443. The summed E-state index contributed by atoms with van der Waals surface area (Å²) in [6, 6.07) is 3.26. The largest absolute Gasteiger partial charge is 0.506 e. The van der Waals surface area contributed by atoms with Crippen molar-refractivity contribution in [2.45, 2.75) is 13.0 Å². The number of nitrogens with one attached hydrogen (secondary N) is 1. The van der Waals surface area contributed by atoms with Gasteiger partial charge in [-0.05, 0) is 12.1 Å². The smallest absolute Gasteiger partial charge is 0.253 e. The van der Waals surface area contributed by atoms with Crippen LogP contribution in [0.1, 0.15) is 27.2 Å². The van der Waals surface area contributed by atoms with E-state index in [-0.39, 0.29) is 18.3 Å². The first-order chi connectivity index (χ1) is 10.2. The molecule has 0 radical (unpaired) electrons. The molecule has 108 valence electrons. The average molecular weight is 302 g/mol. The van der Waals surface area contributed by atoms with Crippen LogP contribution >= 0.6 is 11.3 Å². The van der Waals surface area contributed by atoms with Gasteiger partial charge in [-0.15, -0.1) is 11.3 Å². The number of rotatable bonds is 4. The number of carbonyl (C=O) groups is 1. The van der Waals surface area contributed by atoms with Crippen molar-refractivity contribution in [2.24, 2.45) is 0 Å². The highest BCUT2D eigenvalue weighted by atomic mass is 32.1. The lowest BCUT2D eigenvalue weighted by Crippen LogP contribution is -2.22. The van der Waals surface area contributed by atoms with Gasteiger partial charge in [-0.3, -0.25) is 9.78 Å². The summed E-state index contributed by atoms with van der Waals surface area (Å²) in [6.07, 6.45) is 3.12. The second kappa shape index (κ2) is 7.43. The van der Waals surface area contributed by atoms with Crippen LogP contribution in [0.3, 0.4) is 0 Å². The molecule has 0 spiro atoms. The van der Waals surface area contributed by atoms with Crippen LogP contribution in [0, 0.1) is 11.8 Å². The monoisotopic (exact) mass is 302 g/mol. The number of hydrogen-bond acceptors (Lipinski definition) is 5. The van der Waals surface area contributed by atoms with Gasteiger partial charge in [0.15, 0.2) is 0 Å². The van der Waals surface area contributed by atoms with Crippen LogP contribution in [-0.2, 0) is 6.54 Å². The van der Waals surface area contributed by atoms with E-state index in [0.717, 1.165) is 10.4 Å². The highest BCUT2D eigenvalue weighted by molar-refractivity contribution is 7.10. The Morgan fingerprint density at radius 3 is 3.00 bits per heavy atom. The molecule has 3 N–H and O–H groups in total. The maximum atomic E-state index is 11.9. The summed E-state index contributed by atoms with van der Waals surface area (Å²) >= 11 is 1.50. The third-order valence-electron chi connectivity index (χ3n) is 2.53. The number of thiophene rings is 1. The number of pyridine rings is 1. The van der Waals surface area contributed by atoms with E-state index in [4.69, 9.17) is 5.11 Å². The maximum absolute atomic E-state index is 11.9. The van der Waals surface area contributed by atoms with Crippen LogP contribution in [0.25, 0.3) is 0 Å². The molecule has 2 aromatic rings. The minimum absolute atomic E-state index is 0.0415. The fraction of sp³-hybridized carbons (Fsp3) is 0.200. The van der Waals surface area contributed by atoms with E-state index >= 15 is 0 Å². The SMILES string of the molecule is O=C(NCc1cc(C#CCCO)cs1)c1cncc(O)c1. The fourth-order valence-corrected chi connectivity index (χ4v) is 2.34. The van der Waals surface area contributed by atoms with E-state index in [1.807, 2.05) is 11.4 Å². The summed E-state index contributed by atoms with van der Waals surface area (Å²) in [5.74, 6) is 5.45. The molecular weight excluding hydrogens is 288 g/mol. The molecule has 2 aromatic heterocycles. The molecule has 0 atom stereocenters. The predicted molar refractivity (Wildman–Crippen MR) is 80.0 cm³/mol. The van der Waals surface area contributed by atoms with Gasteiger partial charge in [-0.25, -0.2) is 0 Å². The van der Waals surface area contributed by atoms with Crippen molar-refractivity contribution in [3.05, 3.63) is 45.9 Å². The average Bonchev–Trinajstić information content (AvgIpc) is 2.93. The number of aromatic nitrogens is 1. The number of nitrogens with zero attached hydrogens (tertiary/aromatic N) is 1. The highest BCUT2D eigenvalue weighted by Gasteiger charge is 2.07. The van der Waals surface area contributed by atoms with Crippen LogP contribution in [0.4, 0.5) is 0 Å². The van der Waals surface area contributed by atoms with Gasteiger partial charge in [0.05, 0.1) is 24.9 Å². The minimum atomic E-state index is -0.292. The van der Waals surface area contributed by atoms with E-state index < -0.39 is 0 Å². The highest BCUT2D eigenvalue weighted by Crippen LogP contribution is 2.14. The number of amides is 1. The number of aromatic hydroxyl groups is 1. The first kappa shape index (κ1) is 15.0. The first-order valence-corrected chi connectivity index (χ1v) is 7.16. The van der Waals surface area contributed by atoms with Gasteiger partial charge in [-0.2, -0.15) is 0 Å². The minimum Gasteiger partial charge on any atom is -0.506 e. The summed E-state index contributed by atoms with van der Waals surface area (Å²) in [4.78, 5) is 16.6. The Kier molecular flexibility index (Phi) is 5.32. The topological polar surface area (TPSA) is 82.5 Å². The van der Waals surface area contributed by atoms with Crippen molar-refractivity contribution in [1.29, 1.82) is 0 Å². The Bertz CT molecular complexity index is 685. The molecule has 0 unspecified atom stereocenters. The van der Waals surface area contributed by atoms with Crippen LogP contribution in [-0.4, -0.2) is 27.7 Å². The van der Waals surface area contributed by atoms with Crippen molar-refractivity contribution in [2.75, 3.05) is 6.61 Å². The first-order valence-electron chi connectivity index (χ1n) is 6.28. The van der Waals surface area contributed by atoms with Gasteiger partial charge in [0.2, 0.25) is 0 Å². The molecule has 0 saturated carbocycles. The zero-order valence-corrected chi connectivity index (χ0v) is 12.0. The van der Waals surface area contributed by atoms with Crippen molar-refractivity contribution in [3.63, 3.8) is 0 Å². The molecule has 0 aliphatic rings. The fourth-order valence-electron chi connectivity index (χ4n) is 1.58. The normalized spacial score (nSPS) is 9.76. The lowest BCUT2D eigenvalue weighted by molar-refractivity contribution is 0.0950. The maximum Gasteiger partial charge on any atom is 0.253 e. The molecule has 0 saturated heterocycles. The van der Waals surface area contributed by atoms with E-state index in [9.17, 15) is 9.90 Å². The molecule has 6 heteroatoms. The second-order valence-corrected chi connectivity index (χ2v) is 5.19. The zero-order valence-electron chi connectivity index (χ0n) is 11.2. The number of aliphatic hydroxyl groups is 1. The van der Waals surface area contributed by atoms with Crippen LogP contribution in [0.5, 0.6) is 5.75 Å². The predicted octanol–water partition coefficient (Wildman–Crippen LogP) is 1.51. The van der Waals surface area contributed by atoms with E-state index in [0.29, 0.717) is 18.5 Å². The van der Waals surface area contributed by atoms with E-state index in [1.165, 1.54) is 29.8 Å². The molecule has 2 rings (SSSR count). The molecule has 0 aromatic carbocycles. The van der Waals surface area contributed by atoms with Gasteiger partial charge in [0, 0.05) is 28.4 Å². The molecule has 0 aliphatic carbocycles. The van der Waals surface area contributed by atoms with Gasteiger partial charge in [-0.1, -0.05) is 11.8 Å². The summed E-state index contributed by atoms with van der Waals surface area (Å²) in [5, 5.41) is 22.6. The number of carbonyl (C=O) groups excluding carboxylic acids is 1. The Balaban J connectivity index is 1.91. The Labute approximate surface area is 126 Å². The molecule has 0 fully saturated rings. The molecule has 2 heterocycles. The van der Waals surface area contributed by atoms with Crippen molar-refractivity contribution in [1.82, 2.24) is 10.3 Å². The second-order valence-electron chi connectivity index (χ2n) is 4.19. The molecule has 21 heavy (non-hydrogen) atoms. The molecule has 1 amide bonds. The summed E-state index contributed by atoms with van der Waals surface area (Å²) in [5.41, 5.74) is 1.19. The van der Waals surface area contributed by atoms with Crippen molar-refractivity contribution >= 4 is 17.2 Å². The van der Waals surface area contributed by atoms with Gasteiger partial charge < -0.3 is 15.5 Å². The van der Waals surface area contributed by atoms with E-state index in [1.54, 1.807) is 0 Å². The summed E-state index contributed by atoms with van der Waals surface area (Å²) in [7, 11) is 0. The van der Waals surface area contributed by atoms with Crippen LogP contribution in [0.15, 0.2) is 29.9 Å².